The van der Waals surface area contributed by atoms with E-state index in [0.717, 1.165) is 24.4 Å². The third-order valence-corrected chi connectivity index (χ3v) is 5.58. The molecule has 24 heavy (non-hydrogen) atoms. The Kier molecular flexibility index (Phi) is 7.04. The molecule has 6 atom stereocenters. The van der Waals surface area contributed by atoms with Gasteiger partial charge in [-0.15, -0.1) is 0 Å². The van der Waals surface area contributed by atoms with E-state index in [1.54, 1.807) is 0 Å². The van der Waals surface area contributed by atoms with Crippen LogP contribution >= 0.6 is 0 Å². The van der Waals surface area contributed by atoms with E-state index in [1.165, 1.54) is 32.1 Å². The minimum atomic E-state index is -1.08. The number of carboxylic acids is 2. The molecular formula is C18H30O6. The lowest BCUT2D eigenvalue weighted by atomic mass is 9.65. The van der Waals surface area contributed by atoms with Gasteiger partial charge in [0.25, 0.3) is 0 Å². The van der Waals surface area contributed by atoms with Crippen LogP contribution in [0, 0.1) is 23.7 Å². The highest BCUT2D eigenvalue weighted by Crippen LogP contribution is 2.48. The van der Waals surface area contributed by atoms with Crippen LogP contribution in [0.3, 0.4) is 0 Å². The summed E-state index contributed by atoms with van der Waals surface area (Å²) in [6.45, 7) is 5.47. The molecule has 0 radical (unpaired) electrons. The van der Waals surface area contributed by atoms with E-state index in [2.05, 4.69) is 13.8 Å². The van der Waals surface area contributed by atoms with Crippen molar-refractivity contribution in [1.29, 1.82) is 0 Å². The fraction of sp³-hybridized carbons (Fsp3) is 0.889. The summed E-state index contributed by atoms with van der Waals surface area (Å²) in [6.07, 6.45) is 6.73. The summed E-state index contributed by atoms with van der Waals surface area (Å²) in [7, 11) is 0. The number of rotatable bonds is 3. The van der Waals surface area contributed by atoms with Gasteiger partial charge in [-0.25, -0.2) is 0 Å². The van der Waals surface area contributed by atoms with Crippen molar-refractivity contribution in [3.05, 3.63) is 0 Å². The molecule has 2 aliphatic heterocycles. The van der Waals surface area contributed by atoms with Gasteiger partial charge in [-0.05, 0) is 50.4 Å². The topological polar surface area (TPSA) is 93.1 Å². The zero-order valence-corrected chi connectivity index (χ0v) is 14.6. The Morgan fingerprint density at radius 3 is 2.29 bits per heavy atom. The highest BCUT2D eigenvalue weighted by Gasteiger charge is 2.46. The standard InChI is InChI=1S/C14H24O2.C4H6O4/c1-9-8-15-14-13-11(4-3-5-12(9)13)7-6-10(2)16-14;5-3(6)1-2-4(7)8/h9-14H,3-8H2,1-2H3;1-2H2,(H,5,6)(H,7,8)/t9?,10-,11+,12?,13?,14+;/m0./s1. The predicted molar refractivity (Wildman–Crippen MR) is 87.5 cm³/mol. The normalized spacial score (nSPS) is 38.1. The Hall–Kier alpha value is -1.14. The van der Waals surface area contributed by atoms with E-state index in [9.17, 15) is 9.59 Å². The Morgan fingerprint density at radius 1 is 1.00 bits per heavy atom. The quantitative estimate of drug-likeness (QED) is 0.818. The average Bonchev–Trinajstić information content (AvgIpc) is 2.70. The van der Waals surface area contributed by atoms with Crippen molar-refractivity contribution in [2.45, 2.75) is 71.2 Å². The third kappa shape index (κ3) is 5.18. The average molecular weight is 342 g/mol. The molecule has 3 aliphatic rings. The first-order valence-corrected chi connectivity index (χ1v) is 9.09. The predicted octanol–water partition coefficient (Wildman–Crippen LogP) is 3.15. The molecule has 3 rings (SSSR count). The van der Waals surface area contributed by atoms with Crippen molar-refractivity contribution in [2.75, 3.05) is 6.61 Å². The number of ether oxygens (including phenoxy) is 2. The summed E-state index contributed by atoms with van der Waals surface area (Å²) in [5.74, 6) is 1.02. The van der Waals surface area contributed by atoms with Crippen molar-refractivity contribution < 1.29 is 29.3 Å². The van der Waals surface area contributed by atoms with E-state index in [4.69, 9.17) is 19.7 Å². The maximum absolute atomic E-state index is 9.64. The summed E-state index contributed by atoms with van der Waals surface area (Å²) in [6, 6.07) is 0. The van der Waals surface area contributed by atoms with Gasteiger partial charge in [0.15, 0.2) is 6.29 Å². The summed E-state index contributed by atoms with van der Waals surface area (Å²) in [5.41, 5.74) is 0. The lowest BCUT2D eigenvalue weighted by molar-refractivity contribution is -0.245. The second kappa shape index (κ2) is 8.81. The van der Waals surface area contributed by atoms with Crippen LogP contribution in [0.2, 0.25) is 0 Å². The van der Waals surface area contributed by atoms with Crippen LogP contribution in [0.5, 0.6) is 0 Å². The largest absolute Gasteiger partial charge is 0.481 e. The SMILES string of the molecule is CC1CO[C@@H]2O[C@@H](C)CC[C@H]3CCCC1C32.O=C(O)CCC(=O)O. The molecule has 0 aromatic heterocycles. The monoisotopic (exact) mass is 342 g/mol. The van der Waals surface area contributed by atoms with Gasteiger partial charge >= 0.3 is 11.9 Å². The first kappa shape index (κ1) is 19.2. The van der Waals surface area contributed by atoms with Crippen LogP contribution in [0.1, 0.15) is 58.8 Å². The van der Waals surface area contributed by atoms with Crippen molar-refractivity contribution >= 4 is 11.9 Å². The second-order valence-corrected chi connectivity index (χ2v) is 7.42. The van der Waals surface area contributed by atoms with Crippen LogP contribution in [0.4, 0.5) is 0 Å². The van der Waals surface area contributed by atoms with Gasteiger partial charge in [-0.1, -0.05) is 13.3 Å². The Labute approximate surface area is 143 Å². The van der Waals surface area contributed by atoms with Gasteiger partial charge in [-0.3, -0.25) is 9.59 Å². The fourth-order valence-electron chi connectivity index (χ4n) is 4.35. The van der Waals surface area contributed by atoms with E-state index >= 15 is 0 Å². The highest BCUT2D eigenvalue weighted by molar-refractivity contribution is 5.75. The van der Waals surface area contributed by atoms with Gasteiger partial charge in [0, 0.05) is 5.92 Å². The molecule has 0 aromatic rings. The molecule has 1 aliphatic carbocycles. The van der Waals surface area contributed by atoms with E-state index < -0.39 is 11.9 Å². The molecule has 3 unspecified atom stereocenters. The van der Waals surface area contributed by atoms with Gasteiger partial charge in [-0.2, -0.15) is 0 Å². The Morgan fingerprint density at radius 2 is 1.67 bits per heavy atom. The molecule has 2 N–H and O–H groups in total. The number of carboxylic acid groups (broad SMARTS) is 2. The lowest BCUT2D eigenvalue weighted by Gasteiger charge is -2.47. The lowest BCUT2D eigenvalue weighted by Crippen LogP contribution is -2.47. The van der Waals surface area contributed by atoms with E-state index in [0.29, 0.717) is 12.0 Å². The Balaban J connectivity index is 0.000000224. The van der Waals surface area contributed by atoms with Crippen molar-refractivity contribution in [1.82, 2.24) is 0 Å². The summed E-state index contributed by atoms with van der Waals surface area (Å²) < 4.78 is 12.0. The minimum Gasteiger partial charge on any atom is -0.481 e. The van der Waals surface area contributed by atoms with Crippen LogP contribution in [0.25, 0.3) is 0 Å². The smallest absolute Gasteiger partial charge is 0.303 e. The number of carbonyl (C=O) groups is 2. The molecule has 0 aromatic carbocycles. The van der Waals surface area contributed by atoms with Gasteiger partial charge in [0.1, 0.15) is 0 Å². The van der Waals surface area contributed by atoms with Crippen LogP contribution in [0.15, 0.2) is 0 Å². The van der Waals surface area contributed by atoms with Gasteiger partial charge in [0.05, 0.1) is 25.6 Å². The number of aliphatic carboxylic acids is 2. The number of hydrogen-bond donors (Lipinski definition) is 2. The molecule has 2 heterocycles. The van der Waals surface area contributed by atoms with E-state index in [-0.39, 0.29) is 19.1 Å². The van der Waals surface area contributed by atoms with E-state index in [1.807, 2.05) is 0 Å². The zero-order valence-electron chi connectivity index (χ0n) is 14.6. The first-order chi connectivity index (χ1) is 11.4. The maximum Gasteiger partial charge on any atom is 0.303 e. The summed E-state index contributed by atoms with van der Waals surface area (Å²) in [4.78, 5) is 19.3. The van der Waals surface area contributed by atoms with Crippen molar-refractivity contribution in [3.63, 3.8) is 0 Å². The molecule has 2 saturated heterocycles. The molecule has 3 fully saturated rings. The second-order valence-electron chi connectivity index (χ2n) is 7.42. The van der Waals surface area contributed by atoms with Crippen LogP contribution < -0.4 is 0 Å². The van der Waals surface area contributed by atoms with Crippen molar-refractivity contribution in [3.8, 4) is 0 Å². The highest BCUT2D eigenvalue weighted by atomic mass is 16.7. The summed E-state index contributed by atoms with van der Waals surface area (Å²) >= 11 is 0. The van der Waals surface area contributed by atoms with Gasteiger partial charge < -0.3 is 19.7 Å². The fourth-order valence-corrected chi connectivity index (χ4v) is 4.35. The molecule has 6 nitrogen and oxygen atoms in total. The maximum atomic E-state index is 9.64. The Bertz CT molecular complexity index is 423. The molecule has 0 spiro atoms. The van der Waals surface area contributed by atoms with Gasteiger partial charge in [0.2, 0.25) is 0 Å². The molecular weight excluding hydrogens is 312 g/mol. The van der Waals surface area contributed by atoms with Crippen LogP contribution in [-0.2, 0) is 19.1 Å². The molecule has 0 amide bonds. The number of hydrogen-bond acceptors (Lipinski definition) is 4. The molecule has 0 bridgehead atoms. The summed E-state index contributed by atoms with van der Waals surface area (Å²) in [5, 5.41) is 15.8. The molecule has 6 heteroatoms. The first-order valence-electron chi connectivity index (χ1n) is 9.09. The molecule has 1 saturated carbocycles. The molecule has 138 valence electrons. The third-order valence-electron chi connectivity index (χ3n) is 5.58. The van der Waals surface area contributed by atoms with Crippen molar-refractivity contribution in [2.24, 2.45) is 23.7 Å². The zero-order chi connectivity index (χ0) is 17.7. The minimum absolute atomic E-state index is 0.115. The van der Waals surface area contributed by atoms with Crippen LogP contribution in [-0.4, -0.2) is 41.2 Å².